The first-order valence-corrected chi connectivity index (χ1v) is 8.57. The Kier molecular flexibility index (Phi) is 6.09. The molecule has 0 aliphatic carbocycles. The normalized spacial score (nSPS) is 21.8. The van der Waals surface area contributed by atoms with Gasteiger partial charge in [-0.25, -0.2) is 9.18 Å². The maximum absolute atomic E-state index is 13.5. The molecule has 1 aromatic carbocycles. The molecule has 7 heteroatoms. The van der Waals surface area contributed by atoms with Crippen LogP contribution in [-0.2, 0) is 19.1 Å². The van der Waals surface area contributed by atoms with Crippen LogP contribution in [0, 0.1) is 11.2 Å². The van der Waals surface area contributed by atoms with E-state index in [-0.39, 0.29) is 35.5 Å². The summed E-state index contributed by atoms with van der Waals surface area (Å²) in [6, 6.07) is 4.15. The monoisotopic (exact) mass is 384 g/mol. The molecule has 142 valence electrons. The summed E-state index contributed by atoms with van der Waals surface area (Å²) in [7, 11) is 0. The molecule has 1 heterocycles. The van der Waals surface area contributed by atoms with E-state index >= 15 is 0 Å². The van der Waals surface area contributed by atoms with Crippen LogP contribution in [0.15, 0.2) is 23.8 Å². The van der Waals surface area contributed by atoms with Gasteiger partial charge in [-0.3, -0.25) is 4.79 Å². The van der Waals surface area contributed by atoms with Crippen LogP contribution in [-0.4, -0.2) is 35.9 Å². The van der Waals surface area contributed by atoms with Gasteiger partial charge in [0, 0.05) is 12.0 Å². The van der Waals surface area contributed by atoms with Gasteiger partial charge in [0.2, 0.25) is 0 Å². The first-order chi connectivity index (χ1) is 12.0. The summed E-state index contributed by atoms with van der Waals surface area (Å²) in [5, 5.41) is 9.65. The average molecular weight is 385 g/mol. The molecular formula is C19H22ClFO5. The molecule has 0 spiro atoms. The molecule has 0 radical (unpaired) electrons. The molecule has 1 aromatic rings. The zero-order valence-corrected chi connectivity index (χ0v) is 15.7. The lowest BCUT2D eigenvalue weighted by Crippen LogP contribution is -2.39. The third-order valence-electron chi connectivity index (χ3n) is 3.83. The summed E-state index contributed by atoms with van der Waals surface area (Å²) in [6.45, 7) is 4.97. The Balaban J connectivity index is 2.10. The van der Waals surface area contributed by atoms with Gasteiger partial charge in [-0.15, -0.1) is 0 Å². The zero-order chi connectivity index (χ0) is 19.5. The highest BCUT2D eigenvalue weighted by molar-refractivity contribution is 6.30. The summed E-state index contributed by atoms with van der Waals surface area (Å²) < 4.78 is 24.0. The predicted octanol–water partition coefficient (Wildman–Crippen LogP) is 3.52. The molecule has 1 unspecified atom stereocenters. The van der Waals surface area contributed by atoms with Crippen molar-refractivity contribution in [2.75, 3.05) is 13.2 Å². The van der Waals surface area contributed by atoms with Gasteiger partial charge in [-0.1, -0.05) is 38.4 Å². The highest BCUT2D eigenvalue weighted by atomic mass is 35.5. The number of benzene rings is 1. The fourth-order valence-electron chi connectivity index (χ4n) is 2.54. The number of halogens is 2. The van der Waals surface area contributed by atoms with Crippen LogP contribution in [0.4, 0.5) is 4.39 Å². The van der Waals surface area contributed by atoms with Crippen molar-refractivity contribution in [2.45, 2.75) is 39.2 Å². The van der Waals surface area contributed by atoms with Crippen LogP contribution in [0.5, 0.6) is 0 Å². The van der Waals surface area contributed by atoms with Crippen molar-refractivity contribution in [3.63, 3.8) is 0 Å². The standard InChI is InChI=1S/C19H22ClFO5/c1-18(2,3)9-16(23)25-11-19(10-22)8-13(17(24)26-19)6-12-4-5-14(20)15(21)7-12/h4-7,22H,8-11H2,1-3H3/b13-6+. The SMILES string of the molecule is CC(C)(C)CC(=O)OCC1(CO)C/C(=C\c2ccc(Cl)c(F)c2)C(=O)O1. The summed E-state index contributed by atoms with van der Waals surface area (Å²) in [4.78, 5) is 24.0. The van der Waals surface area contributed by atoms with Crippen molar-refractivity contribution in [3.05, 3.63) is 40.2 Å². The molecule has 1 atom stereocenters. The van der Waals surface area contributed by atoms with E-state index in [0.717, 1.165) is 0 Å². The van der Waals surface area contributed by atoms with E-state index in [4.69, 9.17) is 21.1 Å². The number of carbonyl (C=O) groups excluding carboxylic acids is 2. The van der Waals surface area contributed by atoms with Crippen LogP contribution < -0.4 is 0 Å². The molecule has 0 amide bonds. The molecular weight excluding hydrogens is 363 g/mol. The number of cyclic esters (lactones) is 1. The molecule has 1 N–H and O–H groups in total. The van der Waals surface area contributed by atoms with Gasteiger partial charge in [-0.2, -0.15) is 0 Å². The molecule has 1 fully saturated rings. The summed E-state index contributed by atoms with van der Waals surface area (Å²) in [5.74, 6) is -1.67. The lowest BCUT2D eigenvalue weighted by atomic mass is 9.92. The minimum atomic E-state index is -1.32. The molecule has 26 heavy (non-hydrogen) atoms. The maximum atomic E-state index is 13.5. The second-order valence-electron chi connectivity index (χ2n) is 7.65. The zero-order valence-electron chi connectivity index (χ0n) is 15.0. The third-order valence-corrected chi connectivity index (χ3v) is 4.13. The first-order valence-electron chi connectivity index (χ1n) is 8.19. The molecule has 2 rings (SSSR count). The molecule has 0 saturated carbocycles. The number of rotatable bonds is 5. The second-order valence-corrected chi connectivity index (χ2v) is 8.06. The van der Waals surface area contributed by atoms with Crippen LogP contribution in [0.3, 0.4) is 0 Å². The van der Waals surface area contributed by atoms with Crippen molar-refractivity contribution >= 4 is 29.6 Å². The number of esters is 2. The number of carbonyl (C=O) groups is 2. The van der Waals surface area contributed by atoms with Gasteiger partial charge >= 0.3 is 11.9 Å². The fourth-order valence-corrected chi connectivity index (χ4v) is 2.66. The summed E-state index contributed by atoms with van der Waals surface area (Å²) in [5.41, 5.74) is -0.856. The number of hydrogen-bond acceptors (Lipinski definition) is 5. The van der Waals surface area contributed by atoms with Gasteiger partial charge in [0.1, 0.15) is 12.4 Å². The van der Waals surface area contributed by atoms with Gasteiger partial charge in [0.15, 0.2) is 5.60 Å². The number of ether oxygens (including phenoxy) is 2. The summed E-state index contributed by atoms with van der Waals surface area (Å²) >= 11 is 5.64. The number of aliphatic hydroxyl groups is 1. The van der Waals surface area contributed by atoms with Crippen molar-refractivity contribution in [2.24, 2.45) is 5.41 Å². The Hall–Kier alpha value is -1.92. The Bertz CT molecular complexity index is 738. The predicted molar refractivity (Wildman–Crippen MR) is 94.9 cm³/mol. The minimum Gasteiger partial charge on any atom is -0.461 e. The highest BCUT2D eigenvalue weighted by Crippen LogP contribution is 2.33. The Morgan fingerprint density at radius 1 is 1.46 bits per heavy atom. The Morgan fingerprint density at radius 2 is 2.15 bits per heavy atom. The Labute approximate surface area is 156 Å². The van der Waals surface area contributed by atoms with Crippen LogP contribution in [0.1, 0.15) is 39.2 Å². The quantitative estimate of drug-likeness (QED) is 0.621. The van der Waals surface area contributed by atoms with E-state index in [2.05, 4.69) is 0 Å². The van der Waals surface area contributed by atoms with Crippen molar-refractivity contribution in [3.8, 4) is 0 Å². The largest absolute Gasteiger partial charge is 0.461 e. The smallest absolute Gasteiger partial charge is 0.334 e. The van der Waals surface area contributed by atoms with Crippen molar-refractivity contribution in [1.29, 1.82) is 0 Å². The van der Waals surface area contributed by atoms with E-state index in [9.17, 15) is 19.1 Å². The van der Waals surface area contributed by atoms with E-state index in [1.807, 2.05) is 20.8 Å². The van der Waals surface area contributed by atoms with E-state index in [1.165, 1.54) is 18.2 Å². The molecule has 1 saturated heterocycles. The molecule has 1 aliphatic rings. The lowest BCUT2D eigenvalue weighted by Gasteiger charge is -2.25. The fraction of sp³-hybridized carbons (Fsp3) is 0.474. The average Bonchev–Trinajstić information content (AvgIpc) is 2.84. The van der Waals surface area contributed by atoms with E-state index < -0.39 is 30.0 Å². The maximum Gasteiger partial charge on any atom is 0.334 e. The van der Waals surface area contributed by atoms with Gasteiger partial charge in [-0.05, 0) is 29.2 Å². The molecule has 0 bridgehead atoms. The number of aliphatic hydroxyl groups excluding tert-OH is 1. The molecule has 0 aromatic heterocycles. The van der Waals surface area contributed by atoms with Gasteiger partial charge in [0.05, 0.1) is 18.1 Å². The first kappa shape index (κ1) is 20.4. The topological polar surface area (TPSA) is 72.8 Å². The third kappa shape index (κ3) is 5.29. The van der Waals surface area contributed by atoms with Crippen LogP contribution in [0.25, 0.3) is 6.08 Å². The number of hydrogen-bond donors (Lipinski definition) is 1. The van der Waals surface area contributed by atoms with Crippen LogP contribution >= 0.6 is 11.6 Å². The van der Waals surface area contributed by atoms with Gasteiger partial charge in [0.25, 0.3) is 0 Å². The molecule has 5 nitrogen and oxygen atoms in total. The minimum absolute atomic E-state index is 0.0170. The summed E-state index contributed by atoms with van der Waals surface area (Å²) in [6.07, 6.45) is 1.72. The van der Waals surface area contributed by atoms with Crippen molar-refractivity contribution < 1.29 is 28.6 Å². The van der Waals surface area contributed by atoms with Gasteiger partial charge < -0.3 is 14.6 Å². The van der Waals surface area contributed by atoms with Crippen LogP contribution in [0.2, 0.25) is 5.02 Å². The second kappa shape index (κ2) is 7.76. The Morgan fingerprint density at radius 3 is 2.73 bits per heavy atom. The van der Waals surface area contributed by atoms with E-state index in [1.54, 1.807) is 6.07 Å². The van der Waals surface area contributed by atoms with E-state index in [0.29, 0.717) is 5.56 Å². The molecule has 1 aliphatic heterocycles. The van der Waals surface area contributed by atoms with Crippen molar-refractivity contribution in [1.82, 2.24) is 0 Å². The highest BCUT2D eigenvalue weighted by Gasteiger charge is 2.44. The lowest BCUT2D eigenvalue weighted by molar-refractivity contribution is -0.167.